The maximum absolute atomic E-state index is 12.4. The molecule has 3 aromatic carbocycles. The monoisotopic (exact) mass is 439 g/mol. The van der Waals surface area contributed by atoms with E-state index in [9.17, 15) is 4.79 Å². The zero-order valence-electron chi connectivity index (χ0n) is 17.7. The Bertz CT molecular complexity index is 1000. The van der Waals surface area contributed by atoms with Crippen molar-refractivity contribution in [3.8, 4) is 17.2 Å². The average molecular weight is 440 g/mol. The number of rotatable bonds is 10. The molecular weight excluding hydrogens is 414 g/mol. The Morgan fingerprint density at radius 3 is 2.39 bits per heavy atom. The highest BCUT2D eigenvalue weighted by Gasteiger charge is 2.07. The van der Waals surface area contributed by atoms with Crippen molar-refractivity contribution in [2.24, 2.45) is 0 Å². The van der Waals surface area contributed by atoms with E-state index in [0.717, 1.165) is 24.0 Å². The summed E-state index contributed by atoms with van der Waals surface area (Å²) < 4.78 is 16.3. The van der Waals surface area contributed by atoms with Gasteiger partial charge in [-0.3, -0.25) is 4.79 Å². The molecule has 0 fully saturated rings. The SMILES string of the molecule is COc1ccc(CCCNC(=O)c2ccc(OCc3ccccc3Cl)cc2)cc1OC. The Hall–Kier alpha value is -3.18. The normalized spacial score (nSPS) is 10.4. The molecule has 1 amide bonds. The first-order chi connectivity index (χ1) is 15.1. The summed E-state index contributed by atoms with van der Waals surface area (Å²) in [5, 5.41) is 3.62. The van der Waals surface area contributed by atoms with Crippen LogP contribution in [0.3, 0.4) is 0 Å². The summed E-state index contributed by atoms with van der Waals surface area (Å²) >= 11 is 6.14. The first-order valence-corrected chi connectivity index (χ1v) is 10.4. The third-order valence-corrected chi connectivity index (χ3v) is 5.21. The standard InChI is InChI=1S/C25H26ClNO4/c1-29-23-14-9-18(16-24(23)30-2)6-5-15-27-25(28)19-10-12-21(13-11-19)31-17-20-7-3-4-8-22(20)26/h3-4,7-14,16H,5-6,15,17H2,1-2H3,(H,27,28). The van der Waals surface area contributed by atoms with Crippen LogP contribution in [-0.2, 0) is 13.0 Å². The van der Waals surface area contributed by atoms with Gasteiger partial charge in [0.05, 0.1) is 14.2 Å². The fraction of sp³-hybridized carbons (Fsp3) is 0.240. The number of aryl methyl sites for hydroxylation is 1. The minimum atomic E-state index is -0.107. The van der Waals surface area contributed by atoms with Gasteiger partial charge in [0.25, 0.3) is 5.91 Å². The molecule has 0 heterocycles. The van der Waals surface area contributed by atoms with E-state index in [1.54, 1.807) is 38.5 Å². The number of amides is 1. The molecule has 0 bridgehead atoms. The van der Waals surface area contributed by atoms with Crippen LogP contribution in [0.1, 0.15) is 27.9 Å². The molecule has 0 aliphatic heterocycles. The summed E-state index contributed by atoms with van der Waals surface area (Å²) in [6.45, 7) is 0.958. The van der Waals surface area contributed by atoms with Crippen LogP contribution in [0.2, 0.25) is 5.02 Å². The minimum absolute atomic E-state index is 0.107. The first-order valence-electron chi connectivity index (χ1n) is 10.1. The quantitative estimate of drug-likeness (QED) is 0.435. The lowest BCUT2D eigenvalue weighted by Crippen LogP contribution is -2.24. The molecule has 6 heteroatoms. The second-order valence-electron chi connectivity index (χ2n) is 6.95. The van der Waals surface area contributed by atoms with E-state index in [-0.39, 0.29) is 5.91 Å². The molecule has 1 N–H and O–H groups in total. The average Bonchev–Trinajstić information content (AvgIpc) is 2.81. The Morgan fingerprint density at radius 1 is 0.935 bits per heavy atom. The highest BCUT2D eigenvalue weighted by molar-refractivity contribution is 6.31. The van der Waals surface area contributed by atoms with Crippen molar-refractivity contribution in [3.63, 3.8) is 0 Å². The predicted octanol–water partition coefficient (Wildman–Crippen LogP) is 5.30. The van der Waals surface area contributed by atoms with E-state index in [0.29, 0.717) is 41.0 Å². The van der Waals surface area contributed by atoms with Crippen LogP contribution in [0.25, 0.3) is 0 Å². The zero-order chi connectivity index (χ0) is 22.1. The predicted molar refractivity (Wildman–Crippen MR) is 122 cm³/mol. The number of carbonyl (C=O) groups excluding carboxylic acids is 1. The number of ether oxygens (including phenoxy) is 3. The van der Waals surface area contributed by atoms with Crippen molar-refractivity contribution in [2.45, 2.75) is 19.4 Å². The lowest BCUT2D eigenvalue weighted by molar-refractivity contribution is 0.0953. The van der Waals surface area contributed by atoms with Gasteiger partial charge in [-0.15, -0.1) is 0 Å². The maximum atomic E-state index is 12.4. The van der Waals surface area contributed by atoms with Crippen LogP contribution in [0.4, 0.5) is 0 Å². The first kappa shape index (κ1) is 22.5. The highest BCUT2D eigenvalue weighted by Crippen LogP contribution is 2.28. The number of benzene rings is 3. The van der Waals surface area contributed by atoms with Gasteiger partial charge < -0.3 is 19.5 Å². The third kappa shape index (κ3) is 6.40. The lowest BCUT2D eigenvalue weighted by atomic mass is 10.1. The third-order valence-electron chi connectivity index (χ3n) is 4.84. The molecule has 0 saturated heterocycles. The molecule has 0 aliphatic rings. The highest BCUT2D eigenvalue weighted by atomic mass is 35.5. The minimum Gasteiger partial charge on any atom is -0.493 e. The molecule has 31 heavy (non-hydrogen) atoms. The van der Waals surface area contributed by atoms with Crippen molar-refractivity contribution in [2.75, 3.05) is 20.8 Å². The summed E-state index contributed by atoms with van der Waals surface area (Å²) in [6, 6.07) is 20.5. The van der Waals surface area contributed by atoms with Crippen molar-refractivity contribution >= 4 is 17.5 Å². The molecule has 0 aliphatic carbocycles. The summed E-state index contributed by atoms with van der Waals surface area (Å²) in [7, 11) is 3.24. The van der Waals surface area contributed by atoms with Crippen LogP contribution in [0, 0.1) is 0 Å². The van der Waals surface area contributed by atoms with Gasteiger partial charge in [-0.25, -0.2) is 0 Å². The summed E-state index contributed by atoms with van der Waals surface area (Å²) in [6.07, 6.45) is 1.65. The number of halogens is 1. The molecule has 0 radical (unpaired) electrons. The van der Waals surface area contributed by atoms with Gasteiger partial charge in [0, 0.05) is 22.7 Å². The van der Waals surface area contributed by atoms with Gasteiger partial charge in [-0.2, -0.15) is 0 Å². The van der Waals surface area contributed by atoms with E-state index >= 15 is 0 Å². The van der Waals surface area contributed by atoms with E-state index in [1.807, 2.05) is 42.5 Å². The fourth-order valence-corrected chi connectivity index (χ4v) is 3.30. The number of carbonyl (C=O) groups is 1. The van der Waals surface area contributed by atoms with Gasteiger partial charge >= 0.3 is 0 Å². The van der Waals surface area contributed by atoms with Gasteiger partial charge in [0.2, 0.25) is 0 Å². The molecule has 5 nitrogen and oxygen atoms in total. The smallest absolute Gasteiger partial charge is 0.251 e. The van der Waals surface area contributed by atoms with Gasteiger partial charge in [-0.05, 0) is 60.9 Å². The molecule has 0 unspecified atom stereocenters. The molecule has 0 spiro atoms. The molecule has 162 valence electrons. The Labute approximate surface area is 187 Å². The Morgan fingerprint density at radius 2 is 1.68 bits per heavy atom. The zero-order valence-corrected chi connectivity index (χ0v) is 18.4. The van der Waals surface area contributed by atoms with E-state index in [4.69, 9.17) is 25.8 Å². The number of hydrogen-bond donors (Lipinski definition) is 1. The number of nitrogens with one attached hydrogen (secondary N) is 1. The Balaban J connectivity index is 1.44. The molecule has 0 aromatic heterocycles. The Kier molecular flexibility index (Phi) is 8.19. The number of methoxy groups -OCH3 is 2. The van der Waals surface area contributed by atoms with Gasteiger partial charge in [0.1, 0.15) is 12.4 Å². The van der Waals surface area contributed by atoms with Crippen LogP contribution in [0.5, 0.6) is 17.2 Å². The summed E-state index contributed by atoms with van der Waals surface area (Å²) in [4.78, 5) is 12.4. The topological polar surface area (TPSA) is 56.8 Å². The van der Waals surface area contributed by atoms with Gasteiger partial charge in [0.15, 0.2) is 11.5 Å². The van der Waals surface area contributed by atoms with E-state index < -0.39 is 0 Å². The van der Waals surface area contributed by atoms with E-state index in [2.05, 4.69) is 5.32 Å². The molecular formula is C25H26ClNO4. The van der Waals surface area contributed by atoms with Crippen LogP contribution in [0.15, 0.2) is 66.7 Å². The molecule has 3 aromatic rings. The van der Waals surface area contributed by atoms with Crippen LogP contribution >= 0.6 is 11.6 Å². The van der Waals surface area contributed by atoms with Crippen molar-refractivity contribution in [1.29, 1.82) is 0 Å². The lowest BCUT2D eigenvalue weighted by Gasteiger charge is -2.10. The molecule has 3 rings (SSSR count). The summed E-state index contributed by atoms with van der Waals surface area (Å²) in [5.74, 6) is 2.00. The largest absolute Gasteiger partial charge is 0.493 e. The second kappa shape index (κ2) is 11.3. The maximum Gasteiger partial charge on any atom is 0.251 e. The van der Waals surface area contributed by atoms with Crippen LogP contribution < -0.4 is 19.5 Å². The van der Waals surface area contributed by atoms with Crippen molar-refractivity contribution in [3.05, 3.63) is 88.4 Å². The van der Waals surface area contributed by atoms with Gasteiger partial charge in [-0.1, -0.05) is 35.9 Å². The van der Waals surface area contributed by atoms with Crippen LogP contribution in [-0.4, -0.2) is 26.7 Å². The van der Waals surface area contributed by atoms with E-state index in [1.165, 1.54) is 0 Å². The second-order valence-corrected chi connectivity index (χ2v) is 7.36. The molecule has 0 saturated carbocycles. The van der Waals surface area contributed by atoms with Crippen molar-refractivity contribution < 1.29 is 19.0 Å². The summed E-state index contributed by atoms with van der Waals surface area (Å²) in [5.41, 5.74) is 2.64. The van der Waals surface area contributed by atoms with Crippen molar-refractivity contribution in [1.82, 2.24) is 5.32 Å². The number of hydrogen-bond acceptors (Lipinski definition) is 4. The molecule has 0 atom stereocenters. The fourth-order valence-electron chi connectivity index (χ4n) is 3.11.